The van der Waals surface area contributed by atoms with Crippen molar-refractivity contribution in [1.29, 1.82) is 0 Å². The molecular weight excluding hydrogens is 370 g/mol. The second-order valence-corrected chi connectivity index (χ2v) is 9.14. The third-order valence-corrected chi connectivity index (χ3v) is 5.97. The molecule has 0 saturated heterocycles. The van der Waals surface area contributed by atoms with Crippen LogP contribution in [0.4, 0.5) is 5.69 Å². The summed E-state index contributed by atoms with van der Waals surface area (Å²) >= 11 is 3.43. The van der Waals surface area contributed by atoms with Crippen LogP contribution in [-0.2, 0) is 0 Å². The molecule has 3 N–H and O–H groups in total. The van der Waals surface area contributed by atoms with E-state index >= 15 is 0 Å². The molecule has 0 fully saturated rings. The maximum atomic E-state index is 6.21. The lowest BCUT2D eigenvalue weighted by Crippen LogP contribution is -2.24. The second kappa shape index (κ2) is 10.1. The molecule has 0 unspecified atom stereocenters. The number of guanidine groups is 1. The van der Waals surface area contributed by atoms with Crippen LogP contribution in [0.15, 0.2) is 51.2 Å². The lowest BCUT2D eigenvalue weighted by Gasteiger charge is -2.21. The molecule has 0 aliphatic rings. The molecule has 0 aliphatic carbocycles. The number of anilines is 1. The molecule has 0 radical (unpaired) electrons. The first-order valence-electron chi connectivity index (χ1n) is 9.30. The van der Waals surface area contributed by atoms with Gasteiger partial charge in [-0.25, -0.2) is 4.99 Å². The molecule has 146 valence electrons. The van der Waals surface area contributed by atoms with Crippen LogP contribution in [0.1, 0.15) is 56.2 Å². The number of nitrogens with zero attached hydrogens (tertiary/aromatic N) is 1. The maximum Gasteiger partial charge on any atom is 0.193 e. The minimum absolute atomic E-state index is 0.419. The van der Waals surface area contributed by atoms with Crippen LogP contribution in [0.5, 0.6) is 0 Å². The molecule has 2 aromatic rings. The summed E-state index contributed by atoms with van der Waals surface area (Å²) in [6.07, 6.45) is 2.08. The Bertz CT molecular complexity index is 752. The number of thioether (sulfide) groups is 2. The summed E-state index contributed by atoms with van der Waals surface area (Å²) in [5.74, 6) is 1.90. The largest absolute Gasteiger partial charge is 0.370 e. The fourth-order valence-corrected chi connectivity index (χ4v) is 4.00. The van der Waals surface area contributed by atoms with Crippen molar-refractivity contribution in [2.45, 2.75) is 56.2 Å². The molecule has 0 aromatic heterocycles. The van der Waals surface area contributed by atoms with Gasteiger partial charge in [-0.05, 0) is 60.4 Å². The molecule has 0 amide bonds. The zero-order valence-corrected chi connectivity index (χ0v) is 18.8. The fraction of sp³-hybridized carbons (Fsp3) is 0.409. The first kappa shape index (κ1) is 21.7. The summed E-state index contributed by atoms with van der Waals surface area (Å²) in [7, 11) is 0. The van der Waals surface area contributed by atoms with Gasteiger partial charge in [-0.15, -0.1) is 23.5 Å². The number of hydrogen-bond acceptors (Lipinski definition) is 3. The molecule has 0 heterocycles. The van der Waals surface area contributed by atoms with E-state index in [4.69, 9.17) is 5.73 Å². The quantitative estimate of drug-likeness (QED) is 0.318. The van der Waals surface area contributed by atoms with Gasteiger partial charge in [0.25, 0.3) is 0 Å². The van der Waals surface area contributed by atoms with Crippen LogP contribution in [0.25, 0.3) is 0 Å². The van der Waals surface area contributed by atoms with Crippen molar-refractivity contribution in [2.75, 3.05) is 17.4 Å². The van der Waals surface area contributed by atoms with Gasteiger partial charge in [0.15, 0.2) is 5.96 Å². The molecule has 0 spiro atoms. The molecular formula is C22H31N3S2. The van der Waals surface area contributed by atoms with E-state index in [9.17, 15) is 0 Å². The molecule has 2 rings (SSSR count). The third-order valence-electron chi connectivity index (χ3n) is 4.37. The van der Waals surface area contributed by atoms with Gasteiger partial charge in [-0.2, -0.15) is 0 Å². The van der Waals surface area contributed by atoms with Crippen LogP contribution in [0.3, 0.4) is 0 Å². The van der Waals surface area contributed by atoms with Gasteiger partial charge in [0.1, 0.15) is 0 Å². The third kappa shape index (κ3) is 6.22. The van der Waals surface area contributed by atoms with Crippen molar-refractivity contribution in [2.24, 2.45) is 10.7 Å². The molecule has 0 aliphatic heterocycles. The van der Waals surface area contributed by atoms with E-state index < -0.39 is 0 Å². The highest BCUT2D eigenvalue weighted by Gasteiger charge is 2.15. The minimum Gasteiger partial charge on any atom is -0.370 e. The summed E-state index contributed by atoms with van der Waals surface area (Å²) in [4.78, 5) is 6.99. The average molecular weight is 402 g/mol. The number of aryl methyl sites for hydroxylation is 1. The Kier molecular flexibility index (Phi) is 8.11. The van der Waals surface area contributed by atoms with Gasteiger partial charge in [-0.3, -0.25) is 0 Å². The van der Waals surface area contributed by atoms with Crippen molar-refractivity contribution < 1.29 is 0 Å². The molecule has 3 nitrogen and oxygen atoms in total. The SMILES string of the molecule is CSc1ccc(SC/N=C(\N)Nc2c(C(C)C)cc(C)cc2C(C)C)cc1. The van der Waals surface area contributed by atoms with Gasteiger partial charge in [0, 0.05) is 15.5 Å². The topological polar surface area (TPSA) is 50.4 Å². The Morgan fingerprint density at radius 3 is 2.00 bits per heavy atom. The average Bonchev–Trinajstić information content (AvgIpc) is 2.63. The van der Waals surface area contributed by atoms with Gasteiger partial charge < -0.3 is 11.1 Å². The molecule has 5 heteroatoms. The monoisotopic (exact) mass is 401 g/mol. The van der Waals surface area contributed by atoms with E-state index in [1.54, 1.807) is 23.5 Å². The summed E-state index contributed by atoms with van der Waals surface area (Å²) < 4.78 is 0. The van der Waals surface area contributed by atoms with E-state index in [1.165, 1.54) is 26.5 Å². The number of nitrogens with one attached hydrogen (secondary N) is 1. The van der Waals surface area contributed by atoms with Crippen LogP contribution < -0.4 is 11.1 Å². The van der Waals surface area contributed by atoms with Gasteiger partial charge >= 0.3 is 0 Å². The smallest absolute Gasteiger partial charge is 0.193 e. The summed E-state index contributed by atoms with van der Waals surface area (Å²) in [6.45, 7) is 11.0. The van der Waals surface area contributed by atoms with E-state index in [0.29, 0.717) is 23.7 Å². The predicted octanol–water partition coefficient (Wildman–Crippen LogP) is 6.44. The Hall–Kier alpha value is -1.59. The first-order chi connectivity index (χ1) is 12.8. The van der Waals surface area contributed by atoms with Crippen LogP contribution in [-0.4, -0.2) is 18.1 Å². The Morgan fingerprint density at radius 2 is 1.52 bits per heavy atom. The number of rotatable bonds is 7. The summed E-state index contributed by atoms with van der Waals surface area (Å²) in [6, 6.07) is 13.0. The van der Waals surface area contributed by atoms with Crippen LogP contribution in [0, 0.1) is 6.92 Å². The van der Waals surface area contributed by atoms with E-state index in [-0.39, 0.29) is 0 Å². The lowest BCUT2D eigenvalue weighted by molar-refractivity contribution is 0.836. The number of hydrogen-bond donors (Lipinski definition) is 2. The van der Waals surface area contributed by atoms with Crippen molar-refractivity contribution in [1.82, 2.24) is 0 Å². The number of aliphatic imine (C=N–C) groups is 1. The fourth-order valence-electron chi connectivity index (χ4n) is 2.91. The Balaban J connectivity index is 2.13. The van der Waals surface area contributed by atoms with Crippen molar-refractivity contribution in [3.05, 3.63) is 53.1 Å². The second-order valence-electron chi connectivity index (χ2n) is 7.25. The Labute approximate surface area is 172 Å². The molecule has 0 saturated carbocycles. The zero-order chi connectivity index (χ0) is 20.0. The van der Waals surface area contributed by atoms with Crippen molar-refractivity contribution in [3.8, 4) is 0 Å². The highest BCUT2D eigenvalue weighted by molar-refractivity contribution is 7.99. The van der Waals surface area contributed by atoms with Crippen molar-refractivity contribution >= 4 is 35.2 Å². The molecule has 0 bridgehead atoms. The van der Waals surface area contributed by atoms with E-state index in [1.807, 2.05) is 0 Å². The van der Waals surface area contributed by atoms with Gasteiger partial charge in [0.2, 0.25) is 0 Å². The molecule has 27 heavy (non-hydrogen) atoms. The van der Waals surface area contributed by atoms with Gasteiger partial charge in [-0.1, -0.05) is 45.4 Å². The summed E-state index contributed by atoms with van der Waals surface area (Å²) in [5.41, 5.74) is 11.2. The normalized spacial score (nSPS) is 12.1. The number of nitrogens with two attached hydrogens (primary N) is 1. The van der Waals surface area contributed by atoms with Crippen molar-refractivity contribution in [3.63, 3.8) is 0 Å². The Morgan fingerprint density at radius 1 is 1.00 bits per heavy atom. The minimum atomic E-state index is 0.419. The standard InChI is InChI=1S/C22H31N3S2/c1-14(2)19-11-16(5)12-20(15(3)4)21(19)25-22(23)24-13-27-18-9-7-17(26-6)8-10-18/h7-12,14-15H,13H2,1-6H3,(H3,23,24,25). The lowest BCUT2D eigenvalue weighted by atomic mass is 9.90. The zero-order valence-electron chi connectivity index (χ0n) is 17.2. The first-order valence-corrected chi connectivity index (χ1v) is 11.5. The van der Waals surface area contributed by atoms with Crippen LogP contribution in [0.2, 0.25) is 0 Å². The summed E-state index contributed by atoms with van der Waals surface area (Å²) in [5, 5.41) is 3.38. The highest BCUT2D eigenvalue weighted by Crippen LogP contribution is 2.33. The highest BCUT2D eigenvalue weighted by atomic mass is 32.2. The molecule has 0 atom stereocenters. The van der Waals surface area contributed by atoms with Gasteiger partial charge in [0.05, 0.1) is 5.88 Å². The number of benzene rings is 2. The van der Waals surface area contributed by atoms with E-state index in [2.05, 4.69) is 87.6 Å². The predicted molar refractivity (Wildman–Crippen MR) is 124 cm³/mol. The maximum absolute atomic E-state index is 6.21. The van der Waals surface area contributed by atoms with E-state index in [0.717, 1.165) is 5.69 Å². The molecule has 2 aromatic carbocycles. The van der Waals surface area contributed by atoms with Crippen LogP contribution >= 0.6 is 23.5 Å².